The predicted molar refractivity (Wildman–Crippen MR) is 99.9 cm³/mol. The third kappa shape index (κ3) is 3.38. The molecule has 0 aliphatic carbocycles. The van der Waals surface area contributed by atoms with Crippen LogP contribution >= 0.6 is 11.5 Å². The molecule has 0 aromatic carbocycles. The Morgan fingerprint density at radius 1 is 1.35 bits per heavy atom. The van der Waals surface area contributed by atoms with E-state index in [9.17, 15) is 4.79 Å². The van der Waals surface area contributed by atoms with Gasteiger partial charge in [-0.05, 0) is 42.9 Å². The Kier molecular flexibility index (Phi) is 5.01. The number of carbonyl (C=O) groups is 1. The first kappa shape index (κ1) is 17.2. The van der Waals surface area contributed by atoms with Crippen molar-refractivity contribution >= 4 is 23.3 Å². The van der Waals surface area contributed by atoms with Gasteiger partial charge in [0.2, 0.25) is 0 Å². The summed E-state index contributed by atoms with van der Waals surface area (Å²) in [4.78, 5) is 22.1. The van der Waals surface area contributed by atoms with Crippen molar-refractivity contribution in [3.8, 4) is 5.75 Å². The van der Waals surface area contributed by atoms with E-state index < -0.39 is 0 Å². The third-order valence-electron chi connectivity index (χ3n) is 4.97. The van der Waals surface area contributed by atoms with E-state index in [-0.39, 0.29) is 12.0 Å². The number of likely N-dealkylation sites (tertiary alicyclic amines) is 1. The van der Waals surface area contributed by atoms with Crippen molar-refractivity contribution in [2.75, 3.05) is 31.1 Å². The van der Waals surface area contributed by atoms with Crippen LogP contribution < -0.4 is 9.64 Å². The van der Waals surface area contributed by atoms with Gasteiger partial charge in [0.25, 0.3) is 5.91 Å². The number of hydrogen-bond acceptors (Lipinski definition) is 7. The summed E-state index contributed by atoms with van der Waals surface area (Å²) in [7, 11) is 0. The van der Waals surface area contributed by atoms with Crippen molar-refractivity contribution < 1.29 is 9.53 Å². The van der Waals surface area contributed by atoms with E-state index in [1.165, 1.54) is 24.4 Å². The maximum absolute atomic E-state index is 12.7. The van der Waals surface area contributed by atoms with E-state index in [1.54, 1.807) is 0 Å². The largest absolute Gasteiger partial charge is 0.485 e. The number of aryl methyl sites for hydroxylation is 1. The van der Waals surface area contributed by atoms with Crippen LogP contribution in [0, 0.1) is 0 Å². The first-order chi connectivity index (χ1) is 12.8. The number of carbonyl (C=O) groups excluding carboxylic acids is 1. The highest BCUT2D eigenvalue weighted by Crippen LogP contribution is 2.30. The van der Waals surface area contributed by atoms with Crippen molar-refractivity contribution in [2.24, 2.45) is 0 Å². The Morgan fingerprint density at radius 2 is 2.19 bits per heavy atom. The molecule has 2 aromatic rings. The van der Waals surface area contributed by atoms with Crippen LogP contribution in [0.2, 0.25) is 0 Å². The van der Waals surface area contributed by atoms with Crippen LogP contribution in [0.3, 0.4) is 0 Å². The normalized spacial score (nSPS) is 20.0. The van der Waals surface area contributed by atoms with Gasteiger partial charge in [0, 0.05) is 32.3 Å². The molecule has 4 heterocycles. The van der Waals surface area contributed by atoms with E-state index in [2.05, 4.69) is 19.5 Å². The zero-order valence-electron chi connectivity index (χ0n) is 14.9. The van der Waals surface area contributed by atoms with Crippen molar-refractivity contribution in [1.29, 1.82) is 0 Å². The molecular weight excluding hydrogens is 350 g/mol. The fourth-order valence-electron chi connectivity index (χ4n) is 3.58. The maximum atomic E-state index is 12.7. The molecule has 2 aromatic heterocycles. The van der Waals surface area contributed by atoms with Crippen molar-refractivity contribution in [1.82, 2.24) is 19.5 Å². The van der Waals surface area contributed by atoms with Crippen LogP contribution in [0.5, 0.6) is 5.75 Å². The monoisotopic (exact) mass is 373 g/mol. The molecule has 0 saturated carbocycles. The molecule has 0 spiro atoms. The molecule has 7 nitrogen and oxygen atoms in total. The average Bonchev–Trinajstić information content (AvgIpc) is 3.42. The number of rotatable bonds is 5. The van der Waals surface area contributed by atoms with Gasteiger partial charge in [-0.2, -0.15) is 0 Å². The van der Waals surface area contributed by atoms with Gasteiger partial charge in [-0.1, -0.05) is 11.4 Å². The van der Waals surface area contributed by atoms with Gasteiger partial charge >= 0.3 is 0 Å². The second-order valence-corrected chi connectivity index (χ2v) is 7.46. The lowest BCUT2D eigenvalue weighted by Gasteiger charge is -2.22. The van der Waals surface area contributed by atoms with Crippen LogP contribution in [0.4, 0.5) is 5.82 Å². The minimum absolute atomic E-state index is 0.00420. The molecule has 26 heavy (non-hydrogen) atoms. The summed E-state index contributed by atoms with van der Waals surface area (Å²) < 4.78 is 10.2. The summed E-state index contributed by atoms with van der Waals surface area (Å²) in [5.41, 5.74) is 0.785. The smallest absolute Gasteiger partial charge is 0.267 e. The van der Waals surface area contributed by atoms with Crippen LogP contribution in [-0.2, 0) is 6.42 Å². The second-order valence-electron chi connectivity index (χ2n) is 6.70. The Labute approximate surface area is 157 Å². The maximum Gasteiger partial charge on any atom is 0.267 e. The molecule has 0 N–H and O–H groups in total. The van der Waals surface area contributed by atoms with Gasteiger partial charge in [0.15, 0.2) is 11.6 Å². The van der Waals surface area contributed by atoms with Crippen molar-refractivity contribution in [2.45, 2.75) is 38.7 Å². The summed E-state index contributed by atoms with van der Waals surface area (Å²) in [5, 5.41) is 4.05. The van der Waals surface area contributed by atoms with Gasteiger partial charge in [0.05, 0.1) is 12.2 Å². The van der Waals surface area contributed by atoms with E-state index in [0.717, 1.165) is 43.2 Å². The molecule has 2 saturated heterocycles. The predicted octanol–water partition coefficient (Wildman–Crippen LogP) is 2.39. The number of hydrogen-bond donors (Lipinski definition) is 0. The van der Waals surface area contributed by atoms with Gasteiger partial charge in [-0.3, -0.25) is 4.79 Å². The number of pyridine rings is 1. The van der Waals surface area contributed by atoms with Crippen molar-refractivity contribution in [3.05, 3.63) is 28.9 Å². The SMILES string of the molecule is CCc1nnsc1C(=O)N1CC[C@@H](Oc2cccnc2N2CCCC2)C1. The minimum atomic E-state index is -0.00420. The van der Waals surface area contributed by atoms with Crippen molar-refractivity contribution in [3.63, 3.8) is 0 Å². The lowest BCUT2D eigenvalue weighted by Crippen LogP contribution is -2.31. The number of ether oxygens (including phenoxy) is 1. The summed E-state index contributed by atoms with van der Waals surface area (Å²) in [6, 6.07) is 3.89. The highest BCUT2D eigenvalue weighted by Gasteiger charge is 2.31. The lowest BCUT2D eigenvalue weighted by atomic mass is 10.3. The molecule has 138 valence electrons. The number of nitrogens with zero attached hydrogens (tertiary/aromatic N) is 5. The summed E-state index contributed by atoms with van der Waals surface area (Å²) in [6.07, 6.45) is 5.76. The topological polar surface area (TPSA) is 71.5 Å². The molecule has 1 atom stereocenters. The van der Waals surface area contributed by atoms with Crippen LogP contribution in [-0.4, -0.2) is 57.7 Å². The molecule has 8 heteroatoms. The van der Waals surface area contributed by atoms with E-state index >= 15 is 0 Å². The van der Waals surface area contributed by atoms with E-state index in [1.807, 2.05) is 30.2 Å². The first-order valence-corrected chi connectivity index (χ1v) is 10.0. The third-order valence-corrected chi connectivity index (χ3v) is 5.72. The molecule has 2 fully saturated rings. The molecule has 2 aliphatic heterocycles. The van der Waals surface area contributed by atoms with Gasteiger partial charge in [0.1, 0.15) is 11.0 Å². The minimum Gasteiger partial charge on any atom is -0.485 e. The summed E-state index contributed by atoms with van der Waals surface area (Å²) in [5.74, 6) is 1.77. The quantitative estimate of drug-likeness (QED) is 0.801. The first-order valence-electron chi connectivity index (χ1n) is 9.23. The molecule has 1 amide bonds. The Morgan fingerprint density at radius 3 is 3.00 bits per heavy atom. The number of aromatic nitrogens is 3. The zero-order valence-corrected chi connectivity index (χ0v) is 15.7. The second kappa shape index (κ2) is 7.57. The Hall–Kier alpha value is -2.22. The molecule has 2 aliphatic rings. The molecule has 4 rings (SSSR count). The number of amides is 1. The standard InChI is InChI=1S/C18H23N5O2S/c1-2-14-16(26-21-20-14)18(24)23-11-7-13(12-23)25-15-6-5-8-19-17(15)22-9-3-4-10-22/h5-6,8,13H,2-4,7,9-12H2,1H3/t13-/m1/s1. The van der Waals surface area contributed by atoms with Crippen LogP contribution in [0.15, 0.2) is 18.3 Å². The highest BCUT2D eigenvalue weighted by atomic mass is 32.1. The average molecular weight is 373 g/mol. The lowest BCUT2D eigenvalue weighted by molar-refractivity contribution is 0.0776. The molecular formula is C18H23N5O2S. The molecule has 0 bridgehead atoms. The summed E-state index contributed by atoms with van der Waals surface area (Å²) >= 11 is 1.18. The van der Waals surface area contributed by atoms with Crippen LogP contribution in [0.1, 0.15) is 41.6 Å². The van der Waals surface area contributed by atoms with E-state index in [0.29, 0.717) is 18.0 Å². The van der Waals surface area contributed by atoms with Gasteiger partial charge < -0.3 is 14.5 Å². The fourth-order valence-corrected chi connectivity index (χ4v) is 4.29. The fraction of sp³-hybridized carbons (Fsp3) is 0.556. The molecule has 0 unspecified atom stereocenters. The Bertz CT molecular complexity index is 774. The highest BCUT2D eigenvalue weighted by molar-refractivity contribution is 7.08. The zero-order chi connectivity index (χ0) is 17.9. The Balaban J connectivity index is 1.43. The van der Waals surface area contributed by atoms with E-state index in [4.69, 9.17) is 4.74 Å². The van der Waals surface area contributed by atoms with Gasteiger partial charge in [-0.25, -0.2) is 4.98 Å². The summed E-state index contributed by atoms with van der Waals surface area (Å²) in [6.45, 7) is 5.34. The van der Waals surface area contributed by atoms with Gasteiger partial charge in [-0.15, -0.1) is 5.10 Å². The number of anilines is 1. The molecule has 0 radical (unpaired) electrons. The van der Waals surface area contributed by atoms with Crippen LogP contribution in [0.25, 0.3) is 0 Å².